The number of aliphatic hydroxyl groups excluding tert-OH is 2. The van der Waals surface area contributed by atoms with E-state index < -0.39 is 135 Å². The number of carbonyl (C=O) groups is 5. The van der Waals surface area contributed by atoms with Gasteiger partial charge in [0.05, 0.1) is 23.0 Å². The van der Waals surface area contributed by atoms with Gasteiger partial charge >= 0.3 is 23.9 Å². The lowest BCUT2D eigenvalue weighted by atomic mass is 9.40. The van der Waals surface area contributed by atoms with Crippen LogP contribution in [0.15, 0.2) is 11.8 Å². The Hall–Kier alpha value is -2.91. The molecule has 0 bridgehead atoms. The van der Waals surface area contributed by atoms with Gasteiger partial charge in [-0.25, -0.2) is 4.79 Å². The van der Waals surface area contributed by atoms with Crippen LogP contribution in [0.2, 0.25) is 0 Å². The summed E-state index contributed by atoms with van der Waals surface area (Å²) in [7, 11) is 0. The second-order valence-electron chi connectivity index (χ2n) is 16.0. The predicted molar refractivity (Wildman–Crippen MR) is 158 cm³/mol. The van der Waals surface area contributed by atoms with Crippen LogP contribution in [0.4, 0.5) is 0 Å². The van der Waals surface area contributed by atoms with E-state index in [0.717, 1.165) is 6.92 Å². The quantitative estimate of drug-likeness (QED) is 0.175. The lowest BCUT2D eigenvalue weighted by Gasteiger charge is -2.67. The zero-order valence-corrected chi connectivity index (χ0v) is 28.2. The molecule has 0 spiro atoms. The van der Waals surface area contributed by atoms with Gasteiger partial charge in [-0.15, -0.1) is 0 Å². The Morgan fingerprint density at radius 2 is 1.44 bits per heavy atom. The number of fused-ring (bicyclic) bond motifs is 10. The minimum absolute atomic E-state index is 0.172. The van der Waals surface area contributed by atoms with E-state index >= 15 is 0 Å². The van der Waals surface area contributed by atoms with Gasteiger partial charge < -0.3 is 44.1 Å². The summed E-state index contributed by atoms with van der Waals surface area (Å²) in [5, 5.41) is 48.9. The van der Waals surface area contributed by atoms with Gasteiger partial charge in [0.1, 0.15) is 41.9 Å². The molecule has 0 radical (unpaired) electrons. The Kier molecular flexibility index (Phi) is 6.90. The number of hydrogen-bond acceptors (Lipinski definition) is 14. The number of esters is 4. The third kappa shape index (κ3) is 3.68. The lowest BCUT2D eigenvalue weighted by molar-refractivity contribution is -0.296. The summed E-state index contributed by atoms with van der Waals surface area (Å²) < 4.78 is 29.4. The molecule has 0 amide bonds. The van der Waals surface area contributed by atoms with Crippen molar-refractivity contribution in [2.45, 2.75) is 116 Å². The number of epoxide rings is 1. The van der Waals surface area contributed by atoms with E-state index in [1.165, 1.54) is 27.7 Å². The Bertz CT molecular complexity index is 1550. The van der Waals surface area contributed by atoms with Gasteiger partial charge in [0, 0.05) is 56.3 Å². The molecule has 18 atom stereocenters. The highest BCUT2D eigenvalue weighted by Gasteiger charge is 2.85. The third-order valence-electron chi connectivity index (χ3n) is 13.9. The van der Waals surface area contributed by atoms with Crippen molar-refractivity contribution in [3.8, 4) is 0 Å². The number of ketones is 1. The number of allylic oxidation sites excluding steroid dienone is 1. The first-order valence-corrected chi connectivity index (χ1v) is 16.6. The van der Waals surface area contributed by atoms with Crippen LogP contribution in [-0.4, -0.2) is 104 Å². The minimum atomic E-state index is -2.35. The van der Waals surface area contributed by atoms with Crippen LogP contribution in [-0.2, 0) is 47.7 Å². The Labute approximate surface area is 277 Å². The van der Waals surface area contributed by atoms with Crippen molar-refractivity contribution in [1.82, 2.24) is 0 Å². The molecular formula is C34H44O14. The maximum atomic E-state index is 14.4. The third-order valence-corrected chi connectivity index (χ3v) is 13.9. The number of hydrogen-bond donors (Lipinski definition) is 4. The molecule has 4 saturated carbocycles. The molecule has 6 fully saturated rings. The maximum absolute atomic E-state index is 14.4. The van der Waals surface area contributed by atoms with Crippen LogP contribution < -0.4 is 0 Å². The van der Waals surface area contributed by atoms with E-state index in [1.54, 1.807) is 19.9 Å². The summed E-state index contributed by atoms with van der Waals surface area (Å²) in [5.41, 5.74) is -9.11. The van der Waals surface area contributed by atoms with E-state index in [9.17, 15) is 44.4 Å². The average molecular weight is 677 g/mol. The van der Waals surface area contributed by atoms with Crippen LogP contribution in [0.3, 0.4) is 0 Å². The average Bonchev–Trinajstić information content (AvgIpc) is 3.64. The molecule has 0 aromatic carbocycles. The summed E-state index contributed by atoms with van der Waals surface area (Å²) in [6.07, 6.45) is -7.32. The van der Waals surface area contributed by atoms with Gasteiger partial charge in [-0.2, -0.15) is 0 Å². The maximum Gasteiger partial charge on any atom is 0.343 e. The van der Waals surface area contributed by atoms with Crippen molar-refractivity contribution < 1.29 is 68.1 Å². The Morgan fingerprint density at radius 1 is 0.854 bits per heavy atom. The van der Waals surface area contributed by atoms with Crippen molar-refractivity contribution >= 4 is 29.7 Å². The molecule has 0 aromatic heterocycles. The van der Waals surface area contributed by atoms with E-state index in [1.807, 2.05) is 6.92 Å². The molecule has 7 rings (SSSR count). The smallest absolute Gasteiger partial charge is 0.343 e. The second-order valence-corrected chi connectivity index (χ2v) is 16.0. The molecule has 2 aliphatic heterocycles. The van der Waals surface area contributed by atoms with Gasteiger partial charge in [-0.1, -0.05) is 20.8 Å². The molecule has 48 heavy (non-hydrogen) atoms. The summed E-state index contributed by atoms with van der Waals surface area (Å²) in [6.45, 7) is 11.5. The van der Waals surface area contributed by atoms with E-state index in [0.29, 0.717) is 0 Å². The fourth-order valence-corrected chi connectivity index (χ4v) is 11.9. The van der Waals surface area contributed by atoms with Gasteiger partial charge in [0.2, 0.25) is 0 Å². The first-order chi connectivity index (χ1) is 22.1. The van der Waals surface area contributed by atoms with Crippen molar-refractivity contribution in [1.29, 1.82) is 0 Å². The molecule has 7 aliphatic rings. The van der Waals surface area contributed by atoms with Crippen molar-refractivity contribution in [2.24, 2.45) is 51.8 Å². The van der Waals surface area contributed by atoms with Crippen LogP contribution in [0.1, 0.15) is 61.8 Å². The molecule has 5 aliphatic carbocycles. The van der Waals surface area contributed by atoms with Crippen molar-refractivity contribution in [3.63, 3.8) is 0 Å². The van der Waals surface area contributed by atoms with Gasteiger partial charge in [0.15, 0.2) is 11.4 Å². The topological polar surface area (TPSA) is 216 Å². The number of carbonyl (C=O) groups excluding carboxylic acids is 5. The lowest BCUT2D eigenvalue weighted by Crippen LogP contribution is -2.80. The highest BCUT2D eigenvalue weighted by atomic mass is 16.6. The number of Topliss-reactive ketones (excluding diaryl/α,β-unsaturated/α-hetero) is 1. The molecule has 0 unspecified atom stereocenters. The highest BCUT2D eigenvalue weighted by molar-refractivity contribution is 5.94. The fourth-order valence-electron chi connectivity index (χ4n) is 11.9. The predicted octanol–water partition coefficient (Wildman–Crippen LogP) is -0.0433. The van der Waals surface area contributed by atoms with Gasteiger partial charge in [-0.3, -0.25) is 19.2 Å². The van der Waals surface area contributed by atoms with E-state index in [4.69, 9.17) is 23.7 Å². The normalized spacial score (nSPS) is 55.8. The number of aliphatic hydroxyl groups is 4. The van der Waals surface area contributed by atoms with Crippen molar-refractivity contribution in [3.05, 3.63) is 11.8 Å². The van der Waals surface area contributed by atoms with E-state index in [-0.39, 0.29) is 12.2 Å². The largest absolute Gasteiger partial charge is 0.459 e. The van der Waals surface area contributed by atoms with Crippen LogP contribution in [0.5, 0.6) is 0 Å². The summed E-state index contributed by atoms with van der Waals surface area (Å²) in [6, 6.07) is 0. The molecule has 14 nitrogen and oxygen atoms in total. The van der Waals surface area contributed by atoms with Crippen molar-refractivity contribution in [2.75, 3.05) is 0 Å². The first kappa shape index (κ1) is 33.6. The van der Waals surface area contributed by atoms with Gasteiger partial charge in [-0.05, 0) is 31.8 Å². The fraction of sp³-hybridized carbons (Fsp3) is 0.794. The standard InChI is InChI=1S/C34H44O14/c1-11-9-16-31(6,33(8,42)29(41)48-16)21-18(11)30(5)19(23(21)39)17-20(25(44-12(2)35)27(30)45-13(3)36)32(7)28(46-14(4)37)24-15(47-24)10-34(32,43)26(40)22(17)38/h9,11,15,17-25,27-28,38-39,42-43H,10H2,1-8H3/t11-,15+,17+,18+,19-,20-,21+,22-,23-,24+,25+,27+,28+,30-,31+,32+,33-,34+/m1/s1. The van der Waals surface area contributed by atoms with Gasteiger partial charge in [0.25, 0.3) is 0 Å². The van der Waals surface area contributed by atoms with Crippen LogP contribution in [0.25, 0.3) is 0 Å². The second kappa shape index (κ2) is 9.87. The summed E-state index contributed by atoms with van der Waals surface area (Å²) in [4.78, 5) is 66.0. The van der Waals surface area contributed by atoms with Crippen LogP contribution >= 0.6 is 0 Å². The molecule has 264 valence electrons. The van der Waals surface area contributed by atoms with Crippen LogP contribution in [0, 0.1) is 51.8 Å². The Balaban J connectivity index is 1.51. The first-order valence-electron chi connectivity index (χ1n) is 16.6. The number of rotatable bonds is 3. The van der Waals surface area contributed by atoms with E-state index in [2.05, 4.69) is 0 Å². The Morgan fingerprint density at radius 3 is 2.02 bits per heavy atom. The molecule has 14 heteroatoms. The molecule has 0 aromatic rings. The summed E-state index contributed by atoms with van der Waals surface area (Å²) in [5.74, 6) is -9.70. The molecule has 2 saturated heterocycles. The summed E-state index contributed by atoms with van der Waals surface area (Å²) >= 11 is 0. The number of ether oxygens (including phenoxy) is 5. The minimum Gasteiger partial charge on any atom is -0.459 e. The molecule has 4 N–H and O–H groups in total. The molecular weight excluding hydrogens is 632 g/mol. The zero-order valence-electron chi connectivity index (χ0n) is 28.2. The SMILES string of the molecule is CC(=O)O[C@H]1[C@H]2[C@H]([C@@H]3[C@@H](O)[C@@H]4[C@H]([C@H](C)C=C5OC(=O)[C@@](C)(O)[C@@]54C)[C@@]3(C)[C@H]1OC(C)=O)[C@@H](O)C(=O)[C@@]1(O)C[C@@H]3O[C@@H]3[C@H](OC(C)=O)[C@]21C. The highest BCUT2D eigenvalue weighted by Crippen LogP contribution is 2.75. The zero-order chi connectivity index (χ0) is 35.4. The monoisotopic (exact) mass is 676 g/mol. The molecule has 2 heterocycles.